The molecule has 3 fully saturated rings. The van der Waals surface area contributed by atoms with Crippen LogP contribution in [0.15, 0.2) is 23.8 Å². The van der Waals surface area contributed by atoms with E-state index in [0.717, 1.165) is 25.2 Å². The highest BCUT2D eigenvalue weighted by molar-refractivity contribution is 5.91. The van der Waals surface area contributed by atoms with Gasteiger partial charge in [-0.2, -0.15) is 0 Å². The standard InChI is InChI=1S/C46H80N2O13/c1-13-36-33(24-57-46-44(56-12)43(55-11)40(53)31(8)59-46)19-25(2)14-15-34(49)28(5)20-32(16-17-48-22-26(3)18-27(4)23-48)42(29(6)35(50)21-37(51)60-36)61-45-41(54)38(47(9)10)39(52)30(7)58-45/h14-15,19,26-33,35-36,38-46,50,52-54H,13,16-18,20-24H2,1-12H3/b15-14-,25-19-/t26-,27+,28-,29-,30+,31+,32+,33+,35-,36-,38-,39-,40-,41-,42-,43+,44+,45-,46+/m0/s1. The molecule has 4 heterocycles. The predicted octanol–water partition coefficient (Wildman–Crippen LogP) is 3.34. The van der Waals surface area contributed by atoms with Crippen LogP contribution < -0.4 is 0 Å². The number of carbonyl (C=O) groups is 2. The summed E-state index contributed by atoms with van der Waals surface area (Å²) in [4.78, 5) is 32.1. The number of hydrogen-bond donors (Lipinski definition) is 4. The molecule has 0 radical (unpaired) electrons. The lowest BCUT2D eigenvalue weighted by atomic mass is 9.79. The average molecular weight is 869 g/mol. The zero-order chi connectivity index (χ0) is 45.3. The maximum atomic E-state index is 14.0. The number of hydrogen-bond acceptors (Lipinski definition) is 15. The van der Waals surface area contributed by atoms with Crippen molar-refractivity contribution < 1.29 is 63.2 Å². The Kier molecular flexibility index (Phi) is 20.3. The largest absolute Gasteiger partial charge is 0.462 e. The number of rotatable bonds is 12. The minimum absolute atomic E-state index is 0.0427. The summed E-state index contributed by atoms with van der Waals surface area (Å²) in [6, 6.07) is -0.684. The number of carbonyl (C=O) groups excluding carboxylic acids is 2. The normalized spacial score (nSPS) is 44.3. The van der Waals surface area contributed by atoms with Gasteiger partial charge in [-0.3, -0.25) is 9.59 Å². The Hall–Kier alpha value is -1.86. The number of aliphatic hydroxyl groups is 4. The van der Waals surface area contributed by atoms with Crippen LogP contribution in [0.4, 0.5) is 0 Å². The number of ketones is 1. The summed E-state index contributed by atoms with van der Waals surface area (Å²) in [5.41, 5.74) is 0.761. The molecular weight excluding hydrogens is 789 g/mol. The molecule has 15 heteroatoms. The number of methoxy groups -OCH3 is 2. The van der Waals surface area contributed by atoms with E-state index >= 15 is 0 Å². The summed E-state index contributed by atoms with van der Waals surface area (Å²) in [7, 11) is 6.54. The number of likely N-dealkylation sites (N-methyl/N-ethyl adjacent to an activating group) is 1. The molecule has 15 nitrogen and oxygen atoms in total. The Morgan fingerprint density at radius 1 is 0.820 bits per heavy atom. The molecule has 0 unspecified atom stereocenters. The van der Waals surface area contributed by atoms with E-state index in [1.165, 1.54) is 20.6 Å². The van der Waals surface area contributed by atoms with Crippen molar-refractivity contribution in [3.8, 4) is 0 Å². The quantitative estimate of drug-likeness (QED) is 0.209. The first kappa shape index (κ1) is 51.8. The monoisotopic (exact) mass is 869 g/mol. The minimum atomic E-state index is -1.23. The third-order valence-electron chi connectivity index (χ3n) is 13.5. The third kappa shape index (κ3) is 13.8. The zero-order valence-electron chi connectivity index (χ0n) is 38.9. The molecule has 0 saturated carbocycles. The Bertz CT molecular complexity index is 1420. The van der Waals surface area contributed by atoms with E-state index in [9.17, 15) is 30.0 Å². The van der Waals surface area contributed by atoms with Crippen LogP contribution in [0, 0.1) is 35.5 Å². The van der Waals surface area contributed by atoms with E-state index in [-0.39, 0.29) is 24.7 Å². The molecule has 3 saturated heterocycles. The van der Waals surface area contributed by atoms with Gasteiger partial charge < -0.3 is 63.4 Å². The van der Waals surface area contributed by atoms with Crippen molar-refractivity contribution in [3.63, 3.8) is 0 Å². The van der Waals surface area contributed by atoms with Crippen LogP contribution in [-0.2, 0) is 42.7 Å². The number of piperidine rings is 1. The summed E-state index contributed by atoms with van der Waals surface area (Å²) >= 11 is 0. The van der Waals surface area contributed by atoms with Crippen LogP contribution in [0.25, 0.3) is 0 Å². The molecule has 19 atom stereocenters. The first-order valence-corrected chi connectivity index (χ1v) is 22.6. The fourth-order valence-corrected chi connectivity index (χ4v) is 10.0. The molecule has 0 aromatic heterocycles. The Labute approximate surface area is 365 Å². The number of esters is 1. The summed E-state index contributed by atoms with van der Waals surface area (Å²) in [5, 5.41) is 45.3. The first-order valence-electron chi connectivity index (χ1n) is 22.6. The van der Waals surface area contributed by atoms with Crippen molar-refractivity contribution in [2.75, 3.05) is 54.6 Å². The smallest absolute Gasteiger partial charge is 0.308 e. The lowest BCUT2D eigenvalue weighted by Gasteiger charge is -2.47. The van der Waals surface area contributed by atoms with Gasteiger partial charge in [-0.25, -0.2) is 0 Å². The van der Waals surface area contributed by atoms with Crippen molar-refractivity contribution in [3.05, 3.63) is 23.8 Å². The van der Waals surface area contributed by atoms with Crippen molar-refractivity contribution in [2.24, 2.45) is 35.5 Å². The highest BCUT2D eigenvalue weighted by atomic mass is 16.7. The number of cyclic esters (lactones) is 1. The van der Waals surface area contributed by atoms with Gasteiger partial charge in [0.15, 0.2) is 18.4 Å². The van der Waals surface area contributed by atoms with Crippen LogP contribution in [0.5, 0.6) is 0 Å². The molecule has 0 amide bonds. The van der Waals surface area contributed by atoms with Crippen molar-refractivity contribution >= 4 is 11.8 Å². The zero-order valence-corrected chi connectivity index (χ0v) is 38.9. The SMILES string of the molecule is CC[C@@H]1OC(=O)C[C@H](O)[C@H](C)[C@H](O[C@@H]2O[C@H](C)[C@H](O)[C@H](N(C)C)[C@@H]2O)[C@H](CCN2C[C@H](C)C[C@H](C)C2)C[C@H](C)C(=O)/C=C\C(C)=C/[C@@H]1CO[C@@H]1O[C@H](C)[C@H](O)[C@@H](OC)[C@H]1OC. The Morgan fingerprint density at radius 3 is 2.05 bits per heavy atom. The van der Waals surface area contributed by atoms with Gasteiger partial charge in [0.05, 0.1) is 49.6 Å². The molecule has 0 aliphatic carbocycles. The van der Waals surface area contributed by atoms with Crippen LogP contribution in [-0.4, -0.2) is 176 Å². The second kappa shape index (κ2) is 23.9. The van der Waals surface area contributed by atoms with Gasteiger partial charge in [0.1, 0.15) is 30.5 Å². The molecule has 4 aliphatic rings. The minimum Gasteiger partial charge on any atom is -0.462 e. The number of likely N-dealkylation sites (tertiary alicyclic amines) is 1. The van der Waals surface area contributed by atoms with Crippen LogP contribution in [0.1, 0.15) is 87.5 Å². The van der Waals surface area contributed by atoms with E-state index in [1.54, 1.807) is 45.0 Å². The molecular formula is C46H80N2O13. The molecule has 4 rings (SSSR count). The maximum absolute atomic E-state index is 14.0. The van der Waals surface area contributed by atoms with Crippen molar-refractivity contribution in [1.29, 1.82) is 0 Å². The molecule has 0 aromatic carbocycles. The van der Waals surface area contributed by atoms with Gasteiger partial charge >= 0.3 is 5.97 Å². The van der Waals surface area contributed by atoms with E-state index < -0.39 is 103 Å². The van der Waals surface area contributed by atoms with Crippen molar-refractivity contribution in [1.82, 2.24) is 9.80 Å². The molecule has 4 N–H and O–H groups in total. The molecule has 61 heavy (non-hydrogen) atoms. The highest BCUT2D eigenvalue weighted by Crippen LogP contribution is 2.36. The highest BCUT2D eigenvalue weighted by Gasteiger charge is 2.48. The molecule has 4 aliphatic heterocycles. The topological polar surface area (TPSA) is 186 Å². The summed E-state index contributed by atoms with van der Waals surface area (Å²) in [6.07, 6.45) is -2.96. The summed E-state index contributed by atoms with van der Waals surface area (Å²) in [5.74, 6) is -1.46. The average Bonchev–Trinajstić information content (AvgIpc) is 3.19. The van der Waals surface area contributed by atoms with Gasteiger partial charge in [0, 0.05) is 45.1 Å². The van der Waals surface area contributed by atoms with E-state index in [1.807, 2.05) is 33.8 Å². The van der Waals surface area contributed by atoms with Gasteiger partial charge in [-0.15, -0.1) is 0 Å². The third-order valence-corrected chi connectivity index (χ3v) is 13.5. The van der Waals surface area contributed by atoms with E-state index in [0.29, 0.717) is 31.1 Å². The molecule has 0 bridgehead atoms. The van der Waals surface area contributed by atoms with Crippen molar-refractivity contribution in [2.45, 2.75) is 167 Å². The fraction of sp³-hybridized carbons (Fsp3) is 0.870. The van der Waals surface area contributed by atoms with E-state index in [4.69, 9.17) is 33.2 Å². The van der Waals surface area contributed by atoms with Gasteiger partial charge in [0.25, 0.3) is 0 Å². The summed E-state index contributed by atoms with van der Waals surface area (Å²) in [6.45, 7) is 18.2. The van der Waals surface area contributed by atoms with Crippen LogP contribution >= 0.6 is 0 Å². The summed E-state index contributed by atoms with van der Waals surface area (Å²) < 4.78 is 42.6. The maximum Gasteiger partial charge on any atom is 0.308 e. The Balaban J connectivity index is 1.68. The van der Waals surface area contributed by atoms with Gasteiger partial charge in [0.2, 0.25) is 0 Å². The molecule has 0 aromatic rings. The number of allylic oxidation sites excluding steroid dienone is 3. The first-order chi connectivity index (χ1) is 28.8. The fourth-order valence-electron chi connectivity index (χ4n) is 10.0. The van der Waals surface area contributed by atoms with Gasteiger partial charge in [-0.1, -0.05) is 52.3 Å². The van der Waals surface area contributed by atoms with Gasteiger partial charge in [-0.05, 0) is 90.9 Å². The second-order valence-electron chi connectivity index (χ2n) is 18.9. The lowest BCUT2D eigenvalue weighted by Crippen LogP contribution is -2.63. The molecule has 352 valence electrons. The van der Waals surface area contributed by atoms with Crippen LogP contribution in [0.3, 0.4) is 0 Å². The number of nitrogens with zero attached hydrogens (tertiary/aromatic N) is 2. The second-order valence-corrected chi connectivity index (χ2v) is 18.9. The number of aliphatic hydroxyl groups excluding tert-OH is 4. The predicted molar refractivity (Wildman–Crippen MR) is 229 cm³/mol. The lowest BCUT2D eigenvalue weighted by molar-refractivity contribution is -0.304. The van der Waals surface area contributed by atoms with Crippen LogP contribution in [0.2, 0.25) is 0 Å². The molecule has 0 spiro atoms. The number of ether oxygens (including phenoxy) is 7. The van der Waals surface area contributed by atoms with E-state index in [2.05, 4.69) is 18.7 Å². The Morgan fingerprint density at radius 2 is 1.44 bits per heavy atom.